The third-order valence-corrected chi connectivity index (χ3v) is 6.85. The highest BCUT2D eigenvalue weighted by molar-refractivity contribution is 5.34. The minimum atomic E-state index is 0.163. The van der Waals surface area contributed by atoms with Gasteiger partial charge in [-0.2, -0.15) is 0 Å². The first-order valence-electron chi connectivity index (χ1n) is 9.39. The zero-order valence-electron chi connectivity index (χ0n) is 14.3. The van der Waals surface area contributed by atoms with Crippen LogP contribution in [0.1, 0.15) is 44.2 Å². The van der Waals surface area contributed by atoms with E-state index in [9.17, 15) is 0 Å². The van der Waals surface area contributed by atoms with Crippen molar-refractivity contribution in [1.82, 2.24) is 20.2 Å². The zero-order chi connectivity index (χ0) is 16.1. The Kier molecular flexibility index (Phi) is 3.35. The van der Waals surface area contributed by atoms with E-state index in [0.29, 0.717) is 0 Å². The van der Waals surface area contributed by atoms with E-state index in [2.05, 4.69) is 57.7 Å². The molecule has 4 aliphatic rings. The summed E-state index contributed by atoms with van der Waals surface area (Å²) >= 11 is 0. The van der Waals surface area contributed by atoms with E-state index in [0.717, 1.165) is 42.7 Å². The SMILES string of the molecule is C[C@H](c1ccccc1)n1nnnc1N1C[C@@H]2C3CCC(CC3)[C@@H]2C1. The third-order valence-electron chi connectivity index (χ3n) is 6.85. The molecule has 2 heterocycles. The molecule has 1 aliphatic heterocycles. The van der Waals surface area contributed by atoms with E-state index < -0.39 is 0 Å². The lowest BCUT2D eigenvalue weighted by molar-refractivity contribution is 0.0577. The van der Waals surface area contributed by atoms with Crippen LogP contribution in [0.25, 0.3) is 0 Å². The van der Waals surface area contributed by atoms with Crippen LogP contribution in [0.4, 0.5) is 5.95 Å². The minimum absolute atomic E-state index is 0.163. The molecule has 5 heteroatoms. The number of benzene rings is 1. The van der Waals surface area contributed by atoms with Gasteiger partial charge in [-0.05, 0) is 72.3 Å². The Morgan fingerprint density at radius 1 is 0.958 bits per heavy atom. The molecule has 0 amide bonds. The highest BCUT2D eigenvalue weighted by atomic mass is 15.6. The maximum absolute atomic E-state index is 4.40. The topological polar surface area (TPSA) is 46.8 Å². The second-order valence-corrected chi connectivity index (χ2v) is 7.92. The first kappa shape index (κ1) is 14.4. The number of anilines is 1. The van der Waals surface area contributed by atoms with Crippen molar-refractivity contribution in [1.29, 1.82) is 0 Å². The van der Waals surface area contributed by atoms with Gasteiger partial charge in [0.05, 0.1) is 6.04 Å². The van der Waals surface area contributed by atoms with Crippen molar-refractivity contribution < 1.29 is 0 Å². The normalized spacial score (nSPS) is 32.8. The molecular weight excluding hydrogens is 298 g/mol. The van der Waals surface area contributed by atoms with E-state index in [4.69, 9.17) is 0 Å². The molecule has 0 radical (unpaired) electrons. The average Bonchev–Trinajstić information content (AvgIpc) is 3.30. The lowest BCUT2D eigenvalue weighted by Gasteiger charge is -2.44. The Balaban J connectivity index is 1.42. The molecule has 3 atom stereocenters. The number of tetrazole rings is 1. The second-order valence-electron chi connectivity index (χ2n) is 7.92. The van der Waals surface area contributed by atoms with Crippen molar-refractivity contribution in [3.8, 4) is 0 Å². The Morgan fingerprint density at radius 2 is 1.58 bits per heavy atom. The summed E-state index contributed by atoms with van der Waals surface area (Å²) < 4.78 is 2.01. The van der Waals surface area contributed by atoms with Crippen LogP contribution in [0.5, 0.6) is 0 Å². The molecule has 24 heavy (non-hydrogen) atoms. The molecule has 126 valence electrons. The van der Waals surface area contributed by atoms with Crippen molar-refractivity contribution in [2.45, 2.75) is 38.6 Å². The van der Waals surface area contributed by atoms with Crippen molar-refractivity contribution in [3.05, 3.63) is 35.9 Å². The molecule has 4 fully saturated rings. The summed E-state index contributed by atoms with van der Waals surface area (Å²) in [6.45, 7) is 4.48. The summed E-state index contributed by atoms with van der Waals surface area (Å²) in [7, 11) is 0. The van der Waals surface area contributed by atoms with E-state index in [1.807, 2.05) is 4.68 Å². The monoisotopic (exact) mass is 323 g/mol. The molecule has 1 saturated heterocycles. The fourth-order valence-electron chi connectivity index (χ4n) is 5.54. The summed E-state index contributed by atoms with van der Waals surface area (Å²) in [5.41, 5.74) is 1.25. The molecule has 5 nitrogen and oxygen atoms in total. The molecule has 1 aromatic carbocycles. The fraction of sp³-hybridized carbons (Fsp3) is 0.632. The lowest BCUT2D eigenvalue weighted by atomic mass is 9.60. The van der Waals surface area contributed by atoms with Crippen LogP contribution in [-0.2, 0) is 0 Å². The van der Waals surface area contributed by atoms with Gasteiger partial charge >= 0.3 is 0 Å². The molecule has 3 aliphatic carbocycles. The van der Waals surface area contributed by atoms with Crippen LogP contribution in [0.2, 0.25) is 0 Å². The zero-order valence-corrected chi connectivity index (χ0v) is 14.3. The summed E-state index contributed by atoms with van der Waals surface area (Å²) in [5, 5.41) is 12.7. The number of fused-ring (bicyclic) bond motifs is 2. The Morgan fingerprint density at radius 3 is 2.21 bits per heavy atom. The largest absolute Gasteiger partial charge is 0.339 e. The molecule has 3 saturated carbocycles. The number of hydrogen-bond donors (Lipinski definition) is 0. The number of nitrogens with zero attached hydrogens (tertiary/aromatic N) is 5. The van der Waals surface area contributed by atoms with Gasteiger partial charge in [-0.25, -0.2) is 4.68 Å². The van der Waals surface area contributed by atoms with Crippen LogP contribution in [-0.4, -0.2) is 33.3 Å². The molecule has 1 aromatic heterocycles. The maximum atomic E-state index is 4.40. The first-order chi connectivity index (χ1) is 11.8. The average molecular weight is 323 g/mol. The molecule has 6 rings (SSSR count). The minimum Gasteiger partial charge on any atom is -0.339 e. The van der Waals surface area contributed by atoms with Crippen LogP contribution in [0.3, 0.4) is 0 Å². The van der Waals surface area contributed by atoms with E-state index in [1.54, 1.807) is 0 Å². The van der Waals surface area contributed by atoms with Gasteiger partial charge in [-0.1, -0.05) is 35.4 Å². The van der Waals surface area contributed by atoms with Crippen molar-refractivity contribution in [2.24, 2.45) is 23.7 Å². The lowest BCUT2D eigenvalue weighted by Crippen LogP contribution is -2.38. The van der Waals surface area contributed by atoms with E-state index in [-0.39, 0.29) is 6.04 Å². The Labute approximate surface area is 143 Å². The summed E-state index contributed by atoms with van der Waals surface area (Å²) in [5.74, 6) is 4.59. The van der Waals surface area contributed by atoms with Crippen molar-refractivity contribution in [3.63, 3.8) is 0 Å². The maximum Gasteiger partial charge on any atom is 0.246 e. The highest BCUT2D eigenvalue weighted by Crippen LogP contribution is 2.52. The van der Waals surface area contributed by atoms with E-state index in [1.165, 1.54) is 31.2 Å². The first-order valence-corrected chi connectivity index (χ1v) is 9.39. The van der Waals surface area contributed by atoms with Gasteiger partial charge < -0.3 is 4.90 Å². The predicted molar refractivity (Wildman–Crippen MR) is 92.7 cm³/mol. The van der Waals surface area contributed by atoms with Gasteiger partial charge in [0.1, 0.15) is 0 Å². The number of hydrogen-bond acceptors (Lipinski definition) is 4. The fourth-order valence-corrected chi connectivity index (χ4v) is 5.54. The summed E-state index contributed by atoms with van der Waals surface area (Å²) in [6.07, 6.45) is 5.80. The van der Waals surface area contributed by atoms with Crippen LogP contribution in [0, 0.1) is 23.7 Å². The second kappa shape index (κ2) is 5.57. The summed E-state index contributed by atoms with van der Waals surface area (Å²) in [6, 6.07) is 10.7. The van der Waals surface area contributed by atoms with Gasteiger partial charge in [0, 0.05) is 13.1 Å². The van der Waals surface area contributed by atoms with Crippen LogP contribution in [0.15, 0.2) is 30.3 Å². The third kappa shape index (κ3) is 2.17. The van der Waals surface area contributed by atoms with Gasteiger partial charge in [0.2, 0.25) is 5.95 Å². The van der Waals surface area contributed by atoms with Gasteiger partial charge in [-0.15, -0.1) is 0 Å². The van der Waals surface area contributed by atoms with Gasteiger partial charge in [-0.3, -0.25) is 0 Å². The molecule has 2 bridgehead atoms. The smallest absolute Gasteiger partial charge is 0.246 e. The van der Waals surface area contributed by atoms with Gasteiger partial charge in [0.15, 0.2) is 0 Å². The molecule has 2 aromatic rings. The van der Waals surface area contributed by atoms with Gasteiger partial charge in [0.25, 0.3) is 0 Å². The van der Waals surface area contributed by atoms with E-state index >= 15 is 0 Å². The predicted octanol–water partition coefficient (Wildman–Crippen LogP) is 3.15. The molecular formula is C19H25N5. The standard InChI is InChI=1S/C19H25N5/c1-13(14-5-3-2-4-6-14)24-19(20-21-22-24)23-11-17-15-7-8-16(10-9-15)18(17)12-23/h2-6,13,15-18H,7-12H2,1H3/t13-,15?,16?,17-,18+/m1/s1. The summed E-state index contributed by atoms with van der Waals surface area (Å²) in [4.78, 5) is 2.46. The molecule has 0 N–H and O–H groups in total. The van der Waals surface area contributed by atoms with Crippen molar-refractivity contribution in [2.75, 3.05) is 18.0 Å². The Hall–Kier alpha value is -1.91. The van der Waals surface area contributed by atoms with Crippen LogP contribution >= 0.6 is 0 Å². The molecule has 0 spiro atoms. The van der Waals surface area contributed by atoms with Crippen LogP contribution < -0.4 is 4.90 Å². The quantitative estimate of drug-likeness (QED) is 0.870. The Bertz CT molecular complexity index is 684. The molecule has 0 unspecified atom stereocenters. The highest BCUT2D eigenvalue weighted by Gasteiger charge is 2.49. The van der Waals surface area contributed by atoms with Crippen molar-refractivity contribution >= 4 is 5.95 Å². The number of aromatic nitrogens is 4. The number of rotatable bonds is 3.